The molecule has 1 aromatic carbocycles. The van der Waals surface area contributed by atoms with Crippen molar-refractivity contribution in [2.45, 2.75) is 26.7 Å². The molecule has 6 heteroatoms. The number of nitrogens with zero attached hydrogens (tertiary/aromatic N) is 2. The molecule has 0 atom stereocenters. The van der Waals surface area contributed by atoms with Crippen LogP contribution < -0.4 is 10.6 Å². The van der Waals surface area contributed by atoms with E-state index in [2.05, 4.69) is 34.5 Å². The minimum Gasteiger partial charge on any atom is -0.356 e. The number of aliphatic imine (C=N–C) groups is 1. The van der Waals surface area contributed by atoms with Gasteiger partial charge in [-0.25, -0.2) is 4.98 Å². The second-order valence-electron chi connectivity index (χ2n) is 5.30. The highest BCUT2D eigenvalue weighted by atomic mass is 35.5. The lowest BCUT2D eigenvalue weighted by molar-refractivity contribution is 0.781. The van der Waals surface area contributed by atoms with E-state index in [9.17, 15) is 0 Å². The van der Waals surface area contributed by atoms with Gasteiger partial charge in [-0.15, -0.1) is 11.3 Å². The number of hydrogen-bond donors (Lipinski definition) is 2. The lowest BCUT2D eigenvalue weighted by atomic mass is 10.1. The minimum atomic E-state index is 0.770. The van der Waals surface area contributed by atoms with Crippen molar-refractivity contribution in [1.29, 1.82) is 0 Å². The summed E-state index contributed by atoms with van der Waals surface area (Å²) >= 11 is 7.66. The Bertz CT molecular complexity index is 630. The van der Waals surface area contributed by atoms with Gasteiger partial charge in [0.15, 0.2) is 5.96 Å². The molecule has 4 nitrogen and oxygen atoms in total. The summed E-state index contributed by atoms with van der Waals surface area (Å²) in [4.78, 5) is 10.1. The SMILES string of the molecule is CN=C(NCCc1ccc(Cl)cc1)NCCc1nc(C)c(C)s1. The van der Waals surface area contributed by atoms with Crippen molar-refractivity contribution in [3.05, 3.63) is 50.4 Å². The molecule has 0 aliphatic rings. The highest BCUT2D eigenvalue weighted by Gasteiger charge is 2.04. The zero-order valence-corrected chi connectivity index (χ0v) is 15.4. The van der Waals surface area contributed by atoms with E-state index in [1.54, 1.807) is 18.4 Å². The van der Waals surface area contributed by atoms with Crippen LogP contribution in [0.5, 0.6) is 0 Å². The molecule has 0 bridgehead atoms. The minimum absolute atomic E-state index is 0.770. The summed E-state index contributed by atoms with van der Waals surface area (Å²) in [5, 5.41) is 8.59. The second kappa shape index (κ2) is 8.89. The Morgan fingerprint density at radius 2 is 1.78 bits per heavy atom. The van der Waals surface area contributed by atoms with E-state index in [0.29, 0.717) is 0 Å². The molecule has 0 spiro atoms. The number of halogens is 1. The van der Waals surface area contributed by atoms with E-state index in [1.807, 2.05) is 24.3 Å². The summed E-state index contributed by atoms with van der Waals surface area (Å²) in [5.74, 6) is 0.823. The van der Waals surface area contributed by atoms with Crippen LogP contribution in [0.4, 0.5) is 0 Å². The summed E-state index contributed by atoms with van der Waals surface area (Å²) in [6, 6.07) is 7.94. The molecular weight excluding hydrogens is 328 g/mol. The van der Waals surface area contributed by atoms with E-state index in [0.717, 1.165) is 42.6 Å². The fourth-order valence-electron chi connectivity index (χ4n) is 2.13. The predicted octanol–water partition coefficient (Wildman–Crippen LogP) is 3.36. The van der Waals surface area contributed by atoms with E-state index >= 15 is 0 Å². The first kappa shape index (κ1) is 17.8. The van der Waals surface area contributed by atoms with Crippen LogP contribution in [0.3, 0.4) is 0 Å². The molecule has 124 valence electrons. The zero-order valence-electron chi connectivity index (χ0n) is 13.8. The van der Waals surface area contributed by atoms with Crippen molar-refractivity contribution in [1.82, 2.24) is 15.6 Å². The van der Waals surface area contributed by atoms with Crippen LogP contribution in [-0.2, 0) is 12.8 Å². The quantitative estimate of drug-likeness (QED) is 0.620. The van der Waals surface area contributed by atoms with Crippen LogP contribution in [0, 0.1) is 13.8 Å². The van der Waals surface area contributed by atoms with Crippen molar-refractivity contribution in [3.8, 4) is 0 Å². The monoisotopic (exact) mass is 350 g/mol. The Morgan fingerprint density at radius 3 is 2.35 bits per heavy atom. The van der Waals surface area contributed by atoms with Crippen LogP contribution in [0.25, 0.3) is 0 Å². The Kier molecular flexibility index (Phi) is 6.86. The Labute approximate surface area is 147 Å². The molecule has 1 heterocycles. The van der Waals surface area contributed by atoms with E-state index < -0.39 is 0 Å². The molecule has 0 aliphatic heterocycles. The maximum atomic E-state index is 5.89. The highest BCUT2D eigenvalue weighted by molar-refractivity contribution is 7.11. The maximum Gasteiger partial charge on any atom is 0.191 e. The number of benzene rings is 1. The molecule has 0 saturated carbocycles. The molecular formula is C17H23ClN4S. The van der Waals surface area contributed by atoms with E-state index in [-0.39, 0.29) is 0 Å². The first-order chi connectivity index (χ1) is 11.1. The molecule has 0 amide bonds. The summed E-state index contributed by atoms with van der Waals surface area (Å²) < 4.78 is 0. The molecule has 1 aromatic heterocycles. The molecule has 0 aliphatic carbocycles. The van der Waals surface area contributed by atoms with Crippen molar-refractivity contribution in [3.63, 3.8) is 0 Å². The maximum absolute atomic E-state index is 5.89. The van der Waals surface area contributed by atoms with Gasteiger partial charge in [-0.1, -0.05) is 23.7 Å². The third-order valence-electron chi connectivity index (χ3n) is 3.55. The molecule has 2 N–H and O–H groups in total. The van der Waals surface area contributed by atoms with Gasteiger partial charge in [0.1, 0.15) is 0 Å². The largest absolute Gasteiger partial charge is 0.356 e. The standard InChI is InChI=1S/C17H23ClN4S/c1-12-13(2)23-16(22-12)9-11-21-17(19-3)20-10-8-14-4-6-15(18)7-5-14/h4-7H,8-11H2,1-3H3,(H2,19,20,21). The summed E-state index contributed by atoms with van der Waals surface area (Å²) in [6.45, 7) is 5.82. The average Bonchev–Trinajstić information content (AvgIpc) is 2.86. The van der Waals surface area contributed by atoms with Crippen LogP contribution in [0.15, 0.2) is 29.3 Å². The van der Waals surface area contributed by atoms with Gasteiger partial charge in [0, 0.05) is 36.5 Å². The van der Waals surface area contributed by atoms with Gasteiger partial charge in [0.05, 0.1) is 10.7 Å². The normalized spacial score (nSPS) is 11.6. The molecule has 0 fully saturated rings. The number of guanidine groups is 1. The van der Waals surface area contributed by atoms with Crippen molar-refractivity contribution >= 4 is 28.9 Å². The highest BCUT2D eigenvalue weighted by Crippen LogP contribution is 2.16. The molecule has 0 saturated heterocycles. The fraction of sp³-hybridized carbons (Fsp3) is 0.412. The summed E-state index contributed by atoms with van der Waals surface area (Å²) in [6.07, 6.45) is 1.85. The number of aryl methyl sites for hydroxylation is 2. The fourth-order valence-corrected chi connectivity index (χ4v) is 3.19. The smallest absolute Gasteiger partial charge is 0.191 e. The van der Waals surface area contributed by atoms with Gasteiger partial charge < -0.3 is 10.6 Å². The number of nitrogens with one attached hydrogen (secondary N) is 2. The third kappa shape index (κ3) is 5.84. The number of rotatable bonds is 6. The Morgan fingerprint density at radius 1 is 1.13 bits per heavy atom. The number of thiazole rings is 1. The zero-order chi connectivity index (χ0) is 16.7. The number of aromatic nitrogens is 1. The van der Waals surface area contributed by atoms with Crippen molar-refractivity contribution in [2.75, 3.05) is 20.1 Å². The average molecular weight is 351 g/mol. The van der Waals surface area contributed by atoms with Gasteiger partial charge in [-0.3, -0.25) is 4.99 Å². The Balaban J connectivity index is 1.70. The third-order valence-corrected chi connectivity index (χ3v) is 4.93. The van der Waals surface area contributed by atoms with Crippen molar-refractivity contribution in [2.24, 2.45) is 4.99 Å². The first-order valence-corrected chi connectivity index (χ1v) is 8.90. The van der Waals surface area contributed by atoms with Gasteiger partial charge in [-0.2, -0.15) is 0 Å². The van der Waals surface area contributed by atoms with Crippen LogP contribution in [0.1, 0.15) is 21.1 Å². The lowest BCUT2D eigenvalue weighted by Crippen LogP contribution is -2.39. The van der Waals surface area contributed by atoms with Crippen LogP contribution >= 0.6 is 22.9 Å². The van der Waals surface area contributed by atoms with E-state index in [4.69, 9.17) is 11.6 Å². The second-order valence-corrected chi connectivity index (χ2v) is 7.03. The van der Waals surface area contributed by atoms with Gasteiger partial charge in [0.2, 0.25) is 0 Å². The molecule has 0 radical (unpaired) electrons. The van der Waals surface area contributed by atoms with Crippen LogP contribution in [0.2, 0.25) is 5.02 Å². The summed E-state index contributed by atoms with van der Waals surface area (Å²) in [5.41, 5.74) is 2.39. The molecule has 2 rings (SSSR count). The molecule has 2 aromatic rings. The molecule has 0 unspecified atom stereocenters. The van der Waals surface area contributed by atoms with Crippen molar-refractivity contribution < 1.29 is 0 Å². The number of hydrogen-bond acceptors (Lipinski definition) is 3. The topological polar surface area (TPSA) is 49.3 Å². The van der Waals surface area contributed by atoms with Gasteiger partial charge in [-0.05, 0) is 38.0 Å². The molecule has 23 heavy (non-hydrogen) atoms. The van der Waals surface area contributed by atoms with Crippen LogP contribution in [-0.4, -0.2) is 31.1 Å². The van der Waals surface area contributed by atoms with E-state index in [1.165, 1.54) is 15.4 Å². The van der Waals surface area contributed by atoms with Gasteiger partial charge >= 0.3 is 0 Å². The first-order valence-electron chi connectivity index (χ1n) is 7.70. The lowest BCUT2D eigenvalue weighted by Gasteiger charge is -2.11. The Hall–Kier alpha value is -1.59. The van der Waals surface area contributed by atoms with Gasteiger partial charge in [0.25, 0.3) is 0 Å². The predicted molar refractivity (Wildman–Crippen MR) is 99.8 cm³/mol. The summed E-state index contributed by atoms with van der Waals surface area (Å²) in [7, 11) is 1.79.